The highest BCUT2D eigenvalue weighted by molar-refractivity contribution is 7.98. The number of thioether (sulfide) groups is 1. The minimum atomic E-state index is -4.71. The number of carbonyl (C=O) groups is 1. The highest BCUT2D eigenvalue weighted by Crippen LogP contribution is 2.60. The Kier molecular flexibility index (Phi) is 5.59. The van der Waals surface area contributed by atoms with Gasteiger partial charge >= 0.3 is 6.18 Å². The molecular weight excluding hydrogens is 451 g/mol. The van der Waals surface area contributed by atoms with E-state index in [2.05, 4.69) is 15.3 Å². The molecule has 1 saturated heterocycles. The number of nitrogens with zero attached hydrogens (tertiary/aromatic N) is 3. The summed E-state index contributed by atoms with van der Waals surface area (Å²) >= 11 is 1.34. The molecule has 0 aromatic carbocycles. The van der Waals surface area contributed by atoms with Gasteiger partial charge in [-0.3, -0.25) is 4.79 Å². The average Bonchev–Trinajstić information content (AvgIpc) is 3.50. The number of rotatable bonds is 4. The fourth-order valence-electron chi connectivity index (χ4n) is 4.14. The second-order valence-electron chi connectivity index (χ2n) is 8.19. The van der Waals surface area contributed by atoms with Crippen LogP contribution in [0, 0.1) is 12.3 Å². The van der Waals surface area contributed by atoms with Gasteiger partial charge in [0.2, 0.25) is 0 Å². The quantitative estimate of drug-likeness (QED) is 0.477. The standard InChI is InChI=1S/C21H21F5N4OS/c1-12-14(21(24,25)26)10-28-17(30-8-6-20(22,23)19(11-30)4-5-19)16(12)18(31)29-13-3-7-27-15(9-13)32-2/h3,7,9-10H,4-6,8,11H2,1-2H3,(H,27,29,31). The van der Waals surface area contributed by atoms with Crippen LogP contribution in [0.5, 0.6) is 0 Å². The van der Waals surface area contributed by atoms with E-state index in [1.807, 2.05) is 0 Å². The third-order valence-corrected chi connectivity index (χ3v) is 6.81. The molecule has 2 aromatic heterocycles. The normalized spacial score (nSPS) is 19.2. The Hall–Kier alpha value is -2.43. The summed E-state index contributed by atoms with van der Waals surface area (Å²) in [5.41, 5.74) is -2.42. The average molecular weight is 472 g/mol. The molecule has 1 N–H and O–H groups in total. The Balaban J connectivity index is 1.74. The molecule has 2 aliphatic rings. The third kappa shape index (κ3) is 4.02. The monoisotopic (exact) mass is 472 g/mol. The van der Waals surface area contributed by atoms with Crippen molar-refractivity contribution in [3.63, 3.8) is 0 Å². The molecular formula is C21H21F5N4OS. The second kappa shape index (κ2) is 7.86. The number of hydrogen-bond acceptors (Lipinski definition) is 5. The van der Waals surface area contributed by atoms with E-state index in [9.17, 15) is 26.7 Å². The van der Waals surface area contributed by atoms with Crippen LogP contribution in [-0.2, 0) is 6.18 Å². The Morgan fingerprint density at radius 2 is 1.94 bits per heavy atom. The van der Waals surface area contributed by atoms with Crippen LogP contribution in [0.15, 0.2) is 29.6 Å². The predicted molar refractivity (Wildman–Crippen MR) is 111 cm³/mol. The van der Waals surface area contributed by atoms with Gasteiger partial charge in [0, 0.05) is 37.6 Å². The maximum absolute atomic E-state index is 14.4. The van der Waals surface area contributed by atoms with Gasteiger partial charge in [0.25, 0.3) is 11.8 Å². The Morgan fingerprint density at radius 3 is 2.56 bits per heavy atom. The number of pyridine rings is 2. The van der Waals surface area contributed by atoms with E-state index in [0.29, 0.717) is 29.8 Å². The molecule has 1 amide bonds. The molecule has 3 heterocycles. The number of amides is 1. The van der Waals surface area contributed by atoms with Crippen LogP contribution in [0.2, 0.25) is 0 Å². The van der Waals surface area contributed by atoms with Crippen molar-refractivity contribution in [1.29, 1.82) is 0 Å². The van der Waals surface area contributed by atoms with Crippen molar-refractivity contribution in [2.75, 3.05) is 29.6 Å². The first kappa shape index (κ1) is 22.8. The van der Waals surface area contributed by atoms with E-state index < -0.39 is 35.4 Å². The zero-order chi connectivity index (χ0) is 23.3. The van der Waals surface area contributed by atoms with Crippen LogP contribution in [-0.4, -0.2) is 41.1 Å². The molecule has 0 bridgehead atoms. The zero-order valence-electron chi connectivity index (χ0n) is 17.4. The Bertz CT molecular complexity index is 1050. The maximum atomic E-state index is 14.4. The first-order chi connectivity index (χ1) is 15.0. The summed E-state index contributed by atoms with van der Waals surface area (Å²) in [7, 11) is 0. The molecule has 0 unspecified atom stereocenters. The highest BCUT2D eigenvalue weighted by Gasteiger charge is 2.64. The number of hydrogen-bond donors (Lipinski definition) is 1. The summed E-state index contributed by atoms with van der Waals surface area (Å²) in [5.74, 6) is -3.62. The van der Waals surface area contributed by atoms with Crippen LogP contribution in [0.3, 0.4) is 0 Å². The molecule has 1 spiro atoms. The van der Waals surface area contributed by atoms with Gasteiger partial charge in [-0.05, 0) is 43.7 Å². The van der Waals surface area contributed by atoms with Gasteiger partial charge in [-0.15, -0.1) is 11.8 Å². The van der Waals surface area contributed by atoms with Gasteiger partial charge in [0.1, 0.15) is 5.82 Å². The van der Waals surface area contributed by atoms with Crippen molar-refractivity contribution in [2.45, 2.75) is 43.3 Å². The number of carbonyl (C=O) groups excluding carboxylic acids is 1. The van der Waals surface area contributed by atoms with Crippen LogP contribution >= 0.6 is 11.8 Å². The molecule has 0 radical (unpaired) electrons. The number of piperidine rings is 1. The van der Waals surface area contributed by atoms with Crippen molar-refractivity contribution in [3.8, 4) is 0 Å². The summed E-state index contributed by atoms with van der Waals surface area (Å²) in [5, 5.41) is 3.23. The molecule has 172 valence electrons. The number of halogens is 5. The molecule has 32 heavy (non-hydrogen) atoms. The molecule has 1 aliphatic heterocycles. The van der Waals surface area contributed by atoms with Gasteiger partial charge in [-0.1, -0.05) is 0 Å². The molecule has 2 aromatic rings. The molecule has 1 saturated carbocycles. The van der Waals surface area contributed by atoms with Crippen LogP contribution in [0.4, 0.5) is 33.5 Å². The number of nitrogens with one attached hydrogen (secondary N) is 1. The molecule has 5 nitrogen and oxygen atoms in total. The number of anilines is 2. The van der Waals surface area contributed by atoms with E-state index in [4.69, 9.17) is 0 Å². The minimum absolute atomic E-state index is 0.00563. The summed E-state index contributed by atoms with van der Waals surface area (Å²) < 4.78 is 69.3. The van der Waals surface area contributed by atoms with Crippen molar-refractivity contribution in [1.82, 2.24) is 9.97 Å². The van der Waals surface area contributed by atoms with Crippen molar-refractivity contribution >= 4 is 29.2 Å². The SMILES string of the molecule is CSc1cc(NC(=O)c2c(N3CCC(F)(F)C4(CC4)C3)ncc(C(F)(F)F)c2C)ccn1. The van der Waals surface area contributed by atoms with Crippen LogP contribution < -0.4 is 10.2 Å². The number of alkyl halides is 5. The van der Waals surface area contributed by atoms with Crippen molar-refractivity contribution in [2.24, 2.45) is 5.41 Å². The summed E-state index contributed by atoms with van der Waals surface area (Å²) in [6.07, 6.45) is -0.516. The topological polar surface area (TPSA) is 58.1 Å². The van der Waals surface area contributed by atoms with E-state index in [-0.39, 0.29) is 30.0 Å². The molecule has 2 fully saturated rings. The fourth-order valence-corrected chi connectivity index (χ4v) is 4.55. The van der Waals surface area contributed by atoms with Crippen LogP contribution in [0.1, 0.15) is 40.7 Å². The van der Waals surface area contributed by atoms with Gasteiger partial charge in [-0.25, -0.2) is 18.7 Å². The predicted octanol–water partition coefficient (Wildman–Crippen LogP) is 5.40. The zero-order valence-corrected chi connectivity index (χ0v) is 18.2. The largest absolute Gasteiger partial charge is 0.418 e. The van der Waals surface area contributed by atoms with Crippen LogP contribution in [0.25, 0.3) is 0 Å². The van der Waals surface area contributed by atoms with E-state index >= 15 is 0 Å². The number of aromatic nitrogens is 2. The molecule has 11 heteroatoms. The molecule has 4 rings (SSSR count). The van der Waals surface area contributed by atoms with Gasteiger partial charge in [0.05, 0.1) is 21.6 Å². The van der Waals surface area contributed by atoms with Crippen molar-refractivity contribution < 1.29 is 26.7 Å². The summed E-state index contributed by atoms with van der Waals surface area (Å²) in [6.45, 7) is 1.05. The van der Waals surface area contributed by atoms with E-state index in [1.165, 1.54) is 35.8 Å². The fraction of sp³-hybridized carbons (Fsp3) is 0.476. The first-order valence-corrected chi connectivity index (χ1v) is 11.2. The van der Waals surface area contributed by atoms with E-state index in [1.54, 1.807) is 12.3 Å². The van der Waals surface area contributed by atoms with Gasteiger partial charge in [-0.2, -0.15) is 13.2 Å². The lowest BCUT2D eigenvalue weighted by Gasteiger charge is -2.40. The Labute approximate surface area is 185 Å². The smallest absolute Gasteiger partial charge is 0.355 e. The molecule has 0 atom stereocenters. The summed E-state index contributed by atoms with van der Waals surface area (Å²) in [4.78, 5) is 22.7. The first-order valence-electron chi connectivity index (χ1n) is 9.98. The minimum Gasteiger partial charge on any atom is -0.355 e. The van der Waals surface area contributed by atoms with Crippen molar-refractivity contribution in [3.05, 3.63) is 41.2 Å². The lowest BCUT2D eigenvalue weighted by Crippen LogP contribution is -2.49. The highest BCUT2D eigenvalue weighted by atomic mass is 32.2. The van der Waals surface area contributed by atoms with Gasteiger partial charge < -0.3 is 10.2 Å². The second-order valence-corrected chi connectivity index (χ2v) is 9.02. The lowest BCUT2D eigenvalue weighted by molar-refractivity contribution is -0.138. The summed E-state index contributed by atoms with van der Waals surface area (Å²) in [6, 6.07) is 3.12. The van der Waals surface area contributed by atoms with Gasteiger partial charge in [0.15, 0.2) is 0 Å². The Morgan fingerprint density at radius 1 is 1.22 bits per heavy atom. The maximum Gasteiger partial charge on any atom is 0.418 e. The molecule has 1 aliphatic carbocycles. The lowest BCUT2D eigenvalue weighted by atomic mass is 9.89. The third-order valence-electron chi connectivity index (χ3n) is 6.17. The van der Waals surface area contributed by atoms with E-state index in [0.717, 1.165) is 0 Å².